The number of aliphatic hydroxyl groups excluding tert-OH is 1. The van der Waals surface area contributed by atoms with Crippen LogP contribution in [-0.2, 0) is 0 Å². The number of pyridine rings is 1. The summed E-state index contributed by atoms with van der Waals surface area (Å²) >= 11 is 0. The minimum absolute atomic E-state index is 0.0374. The van der Waals surface area contributed by atoms with E-state index in [1.165, 1.54) is 0 Å². The molecular formula is C15H20N2O2. The van der Waals surface area contributed by atoms with Crippen LogP contribution in [0, 0.1) is 5.92 Å². The number of aromatic nitrogens is 1. The molecule has 4 heteroatoms. The molecule has 1 N–H and O–H groups in total. The Labute approximate surface area is 113 Å². The van der Waals surface area contributed by atoms with Gasteiger partial charge in [0.25, 0.3) is 5.91 Å². The summed E-state index contributed by atoms with van der Waals surface area (Å²) in [5.41, 5.74) is 0.114. The van der Waals surface area contributed by atoms with Crippen LogP contribution in [0.5, 0.6) is 0 Å². The van der Waals surface area contributed by atoms with Gasteiger partial charge in [-0.05, 0) is 44.2 Å². The molecule has 1 saturated carbocycles. The molecule has 1 unspecified atom stereocenters. The monoisotopic (exact) mass is 260 g/mol. The third kappa shape index (κ3) is 1.77. The number of hydrogen-bond donors (Lipinski definition) is 1. The van der Waals surface area contributed by atoms with Crippen LogP contribution in [0.1, 0.15) is 43.6 Å². The summed E-state index contributed by atoms with van der Waals surface area (Å²) in [6.45, 7) is 4.00. The van der Waals surface area contributed by atoms with Crippen molar-refractivity contribution in [1.29, 1.82) is 0 Å². The quantitative estimate of drug-likeness (QED) is 0.883. The van der Waals surface area contributed by atoms with Gasteiger partial charge in [-0.2, -0.15) is 0 Å². The Bertz CT molecular complexity index is 488. The van der Waals surface area contributed by atoms with Gasteiger partial charge in [0.2, 0.25) is 0 Å². The lowest BCUT2D eigenvalue weighted by atomic mass is 9.62. The van der Waals surface area contributed by atoms with Gasteiger partial charge in [0.05, 0.1) is 11.6 Å². The summed E-state index contributed by atoms with van der Waals surface area (Å²) in [6.07, 6.45) is 4.00. The highest BCUT2D eigenvalue weighted by Crippen LogP contribution is 2.51. The predicted molar refractivity (Wildman–Crippen MR) is 71.6 cm³/mol. The van der Waals surface area contributed by atoms with Crippen molar-refractivity contribution in [2.45, 2.75) is 50.8 Å². The molecule has 2 bridgehead atoms. The molecule has 0 radical (unpaired) electrons. The molecule has 19 heavy (non-hydrogen) atoms. The Hall–Kier alpha value is -1.42. The van der Waals surface area contributed by atoms with Crippen molar-refractivity contribution in [3.63, 3.8) is 0 Å². The van der Waals surface area contributed by atoms with E-state index in [2.05, 4.69) is 11.9 Å². The highest BCUT2D eigenvalue weighted by Gasteiger charge is 2.60. The molecule has 3 heterocycles. The minimum atomic E-state index is -0.487. The predicted octanol–water partition coefficient (Wildman–Crippen LogP) is 1.85. The Morgan fingerprint density at radius 3 is 2.95 bits per heavy atom. The molecule has 0 spiro atoms. The normalized spacial score (nSPS) is 34.6. The van der Waals surface area contributed by atoms with Gasteiger partial charge >= 0.3 is 0 Å². The van der Waals surface area contributed by atoms with Crippen LogP contribution in [0.2, 0.25) is 0 Å². The van der Waals surface area contributed by atoms with E-state index in [1.54, 1.807) is 25.3 Å². The SMILES string of the molecule is C[C@@H]1CC2C[C@]([C@H](C)O)(C1)N2C(=O)c1ccccn1. The van der Waals surface area contributed by atoms with E-state index in [4.69, 9.17) is 0 Å². The summed E-state index contributed by atoms with van der Waals surface area (Å²) in [5.74, 6) is 0.533. The van der Waals surface area contributed by atoms with E-state index in [0.29, 0.717) is 11.6 Å². The van der Waals surface area contributed by atoms with Crippen LogP contribution in [0.3, 0.4) is 0 Å². The van der Waals surface area contributed by atoms with Gasteiger partial charge in [-0.3, -0.25) is 9.78 Å². The molecule has 4 nitrogen and oxygen atoms in total. The van der Waals surface area contributed by atoms with Crippen LogP contribution in [-0.4, -0.2) is 38.6 Å². The topological polar surface area (TPSA) is 53.4 Å². The number of carbonyl (C=O) groups is 1. The summed E-state index contributed by atoms with van der Waals surface area (Å²) in [6, 6.07) is 5.65. The van der Waals surface area contributed by atoms with Crippen molar-refractivity contribution >= 4 is 5.91 Å². The lowest BCUT2D eigenvalue weighted by Gasteiger charge is -2.64. The molecule has 0 aromatic carbocycles. The summed E-state index contributed by atoms with van der Waals surface area (Å²) in [5, 5.41) is 10.1. The van der Waals surface area contributed by atoms with E-state index in [9.17, 15) is 9.90 Å². The molecular weight excluding hydrogens is 240 g/mol. The zero-order chi connectivity index (χ0) is 13.6. The van der Waals surface area contributed by atoms with Gasteiger partial charge in [-0.15, -0.1) is 0 Å². The second-order valence-corrected chi connectivity index (χ2v) is 6.07. The van der Waals surface area contributed by atoms with Crippen LogP contribution >= 0.6 is 0 Å². The summed E-state index contributed by atoms with van der Waals surface area (Å²) in [7, 11) is 0. The third-order valence-electron chi connectivity index (χ3n) is 4.69. The van der Waals surface area contributed by atoms with Gasteiger partial charge < -0.3 is 10.0 Å². The first kappa shape index (κ1) is 12.6. The second kappa shape index (κ2) is 4.30. The first-order valence-electron chi connectivity index (χ1n) is 6.97. The van der Waals surface area contributed by atoms with Gasteiger partial charge in [0, 0.05) is 12.2 Å². The van der Waals surface area contributed by atoms with Gasteiger partial charge in [0.1, 0.15) is 5.69 Å². The number of piperidine rings is 1. The minimum Gasteiger partial charge on any atom is -0.391 e. The Kier molecular flexibility index (Phi) is 2.86. The smallest absolute Gasteiger partial charge is 0.273 e. The van der Waals surface area contributed by atoms with Crippen LogP contribution in [0.25, 0.3) is 0 Å². The van der Waals surface area contributed by atoms with Crippen molar-refractivity contribution in [2.24, 2.45) is 5.92 Å². The Morgan fingerprint density at radius 1 is 1.53 bits per heavy atom. The largest absolute Gasteiger partial charge is 0.391 e. The molecule has 1 aliphatic carbocycles. The van der Waals surface area contributed by atoms with E-state index in [0.717, 1.165) is 19.3 Å². The molecule has 1 aromatic rings. The standard InChI is InChI=1S/C15H20N2O2/c1-10-7-12-9-15(8-10,11(2)18)17(12)14(19)13-5-3-4-6-16-13/h3-6,10-12,18H,7-9H2,1-2H3/t10-,11+,12?,15+/m1/s1. The van der Waals surface area contributed by atoms with E-state index in [-0.39, 0.29) is 17.5 Å². The van der Waals surface area contributed by atoms with E-state index >= 15 is 0 Å². The Balaban J connectivity index is 1.91. The molecule has 1 amide bonds. The van der Waals surface area contributed by atoms with Crippen LogP contribution < -0.4 is 0 Å². The highest BCUT2D eigenvalue weighted by atomic mass is 16.3. The van der Waals surface area contributed by atoms with E-state index in [1.807, 2.05) is 11.0 Å². The third-order valence-corrected chi connectivity index (χ3v) is 4.69. The molecule has 1 aromatic heterocycles. The fourth-order valence-electron chi connectivity index (χ4n) is 3.89. The summed E-state index contributed by atoms with van der Waals surface area (Å²) in [4.78, 5) is 18.6. The van der Waals surface area contributed by atoms with Crippen molar-refractivity contribution in [1.82, 2.24) is 9.88 Å². The molecule has 4 atom stereocenters. The molecule has 2 aliphatic heterocycles. The van der Waals surface area contributed by atoms with Crippen LogP contribution in [0.4, 0.5) is 0 Å². The molecule has 102 valence electrons. The molecule has 4 rings (SSSR count). The van der Waals surface area contributed by atoms with Crippen molar-refractivity contribution in [2.75, 3.05) is 0 Å². The number of nitrogens with zero attached hydrogens (tertiary/aromatic N) is 2. The first-order valence-corrected chi connectivity index (χ1v) is 6.97. The molecule has 3 fully saturated rings. The maximum atomic E-state index is 12.6. The van der Waals surface area contributed by atoms with Gasteiger partial charge in [-0.25, -0.2) is 0 Å². The van der Waals surface area contributed by atoms with Gasteiger partial charge in [0.15, 0.2) is 0 Å². The number of hydrogen-bond acceptors (Lipinski definition) is 3. The average molecular weight is 260 g/mol. The highest BCUT2D eigenvalue weighted by molar-refractivity contribution is 5.94. The van der Waals surface area contributed by atoms with Gasteiger partial charge in [-0.1, -0.05) is 13.0 Å². The zero-order valence-electron chi connectivity index (χ0n) is 11.4. The van der Waals surface area contributed by atoms with Crippen molar-refractivity contribution < 1.29 is 9.90 Å². The number of fused-ring (bicyclic) bond motifs is 2. The lowest BCUT2D eigenvalue weighted by molar-refractivity contribution is -0.152. The Morgan fingerprint density at radius 2 is 2.32 bits per heavy atom. The fourth-order valence-corrected chi connectivity index (χ4v) is 3.89. The fraction of sp³-hybridized carbons (Fsp3) is 0.600. The van der Waals surface area contributed by atoms with E-state index < -0.39 is 6.10 Å². The number of amides is 1. The maximum Gasteiger partial charge on any atom is 0.273 e. The number of carbonyl (C=O) groups excluding carboxylic acids is 1. The number of rotatable bonds is 2. The average Bonchev–Trinajstić information content (AvgIpc) is 2.38. The lowest BCUT2D eigenvalue weighted by Crippen LogP contribution is -2.75. The second-order valence-electron chi connectivity index (χ2n) is 6.07. The number of aliphatic hydroxyl groups is 1. The van der Waals surface area contributed by atoms with Crippen molar-refractivity contribution in [3.05, 3.63) is 30.1 Å². The van der Waals surface area contributed by atoms with Crippen molar-refractivity contribution in [3.8, 4) is 0 Å². The maximum absolute atomic E-state index is 12.6. The molecule has 3 aliphatic rings. The zero-order valence-corrected chi connectivity index (χ0v) is 11.4. The molecule has 2 saturated heterocycles. The first-order chi connectivity index (χ1) is 9.04. The summed E-state index contributed by atoms with van der Waals surface area (Å²) < 4.78 is 0. The van der Waals surface area contributed by atoms with Crippen LogP contribution in [0.15, 0.2) is 24.4 Å².